The molecule has 1 amide bonds. The minimum atomic E-state index is 0.262. The van der Waals surface area contributed by atoms with E-state index in [1.807, 2.05) is 12.1 Å². The number of piperidine rings is 1. The largest absolute Gasteiger partial charge is 0.371 e. The predicted octanol–water partition coefficient (Wildman–Crippen LogP) is 3.23. The highest BCUT2D eigenvalue weighted by molar-refractivity contribution is 6.00. The first-order chi connectivity index (χ1) is 12.8. The van der Waals surface area contributed by atoms with Crippen molar-refractivity contribution in [2.24, 2.45) is 11.8 Å². The van der Waals surface area contributed by atoms with Crippen LogP contribution in [0.25, 0.3) is 0 Å². The van der Waals surface area contributed by atoms with Gasteiger partial charge in [-0.25, -0.2) is 0 Å². The van der Waals surface area contributed by atoms with Crippen LogP contribution in [-0.4, -0.2) is 61.0 Å². The van der Waals surface area contributed by atoms with Crippen molar-refractivity contribution >= 4 is 11.6 Å². The van der Waals surface area contributed by atoms with E-state index in [0.717, 1.165) is 43.3 Å². The first-order valence-electron chi connectivity index (χ1n) is 10.7. The van der Waals surface area contributed by atoms with Gasteiger partial charge in [0, 0.05) is 51.0 Å². The number of hydrogen-bond acceptors (Lipinski definition) is 3. The molecule has 1 saturated carbocycles. The summed E-state index contributed by atoms with van der Waals surface area (Å²) in [5.74, 6) is 1.86. The van der Waals surface area contributed by atoms with Crippen molar-refractivity contribution in [2.75, 3.05) is 44.2 Å². The van der Waals surface area contributed by atoms with Gasteiger partial charge in [-0.1, -0.05) is 12.1 Å². The number of hydrogen-bond donors (Lipinski definition) is 0. The van der Waals surface area contributed by atoms with E-state index in [4.69, 9.17) is 0 Å². The number of fused-ring (bicyclic) bond motifs is 4. The molecule has 5 aliphatic rings. The standard InChI is InChI=1S/C22H31N3O/c26-22(20-5-1-2-6-21(20)23-11-3-4-12-23)25-15-18-9-10-19(16-25)24(14-18)13-17-7-8-17/h1-2,5-6,17-19H,3-4,7-16H2/t18-,19-/m1/s1. The Morgan fingerprint density at radius 3 is 2.58 bits per heavy atom. The number of benzene rings is 1. The van der Waals surface area contributed by atoms with Gasteiger partial charge >= 0.3 is 0 Å². The third kappa shape index (κ3) is 3.24. The van der Waals surface area contributed by atoms with Gasteiger partial charge in [-0.05, 0) is 62.5 Å². The molecule has 5 fully saturated rings. The van der Waals surface area contributed by atoms with Crippen LogP contribution < -0.4 is 4.90 Å². The monoisotopic (exact) mass is 353 g/mol. The highest BCUT2D eigenvalue weighted by atomic mass is 16.2. The van der Waals surface area contributed by atoms with E-state index >= 15 is 0 Å². The molecule has 4 heteroatoms. The van der Waals surface area contributed by atoms with Crippen LogP contribution in [0.1, 0.15) is 48.9 Å². The summed E-state index contributed by atoms with van der Waals surface area (Å²) in [5, 5.41) is 0. The molecule has 0 spiro atoms. The van der Waals surface area contributed by atoms with Gasteiger partial charge in [0.15, 0.2) is 0 Å². The first kappa shape index (κ1) is 16.6. The van der Waals surface area contributed by atoms with Crippen molar-refractivity contribution in [3.05, 3.63) is 29.8 Å². The molecule has 26 heavy (non-hydrogen) atoms. The molecule has 4 heterocycles. The summed E-state index contributed by atoms with van der Waals surface area (Å²) in [6, 6.07) is 8.87. The lowest BCUT2D eigenvalue weighted by atomic mass is 9.95. The third-order valence-electron chi connectivity index (χ3n) is 6.89. The fraction of sp³-hybridized carbons (Fsp3) is 0.682. The van der Waals surface area contributed by atoms with Crippen LogP contribution in [0.5, 0.6) is 0 Å². The summed E-state index contributed by atoms with van der Waals surface area (Å²) < 4.78 is 0. The SMILES string of the molecule is O=C(c1ccccc1N1CCCC1)N1C[C@@H]2CC[C@H](C1)N(CC1CC1)C2. The molecular weight excluding hydrogens is 322 g/mol. The van der Waals surface area contributed by atoms with Crippen molar-refractivity contribution in [1.29, 1.82) is 0 Å². The summed E-state index contributed by atoms with van der Waals surface area (Å²) in [4.78, 5) is 20.8. The van der Waals surface area contributed by atoms with E-state index in [-0.39, 0.29) is 5.91 Å². The highest BCUT2D eigenvalue weighted by Crippen LogP contribution is 2.35. The second-order valence-electron chi connectivity index (χ2n) is 8.92. The summed E-state index contributed by atoms with van der Waals surface area (Å²) in [6.45, 7) is 6.53. The minimum absolute atomic E-state index is 0.262. The summed E-state index contributed by atoms with van der Waals surface area (Å²) >= 11 is 0. The van der Waals surface area contributed by atoms with E-state index in [0.29, 0.717) is 12.0 Å². The molecule has 140 valence electrons. The van der Waals surface area contributed by atoms with E-state index in [9.17, 15) is 4.79 Å². The molecule has 1 aromatic carbocycles. The molecule has 4 aliphatic heterocycles. The molecule has 0 aromatic heterocycles. The Bertz CT molecular complexity index is 665. The van der Waals surface area contributed by atoms with Crippen LogP contribution in [0.3, 0.4) is 0 Å². The van der Waals surface area contributed by atoms with Crippen LogP contribution in [0.2, 0.25) is 0 Å². The van der Waals surface area contributed by atoms with Gasteiger partial charge in [0.1, 0.15) is 0 Å². The Hall–Kier alpha value is -1.55. The van der Waals surface area contributed by atoms with E-state index in [2.05, 4.69) is 26.8 Å². The first-order valence-corrected chi connectivity index (χ1v) is 10.7. The number of amides is 1. The van der Waals surface area contributed by atoms with Gasteiger partial charge in [-0.15, -0.1) is 0 Å². The van der Waals surface area contributed by atoms with Crippen LogP contribution in [0.4, 0.5) is 5.69 Å². The normalized spacial score (nSPS) is 29.2. The lowest BCUT2D eigenvalue weighted by Gasteiger charge is -2.36. The topological polar surface area (TPSA) is 26.8 Å². The van der Waals surface area contributed by atoms with Crippen LogP contribution in [0.15, 0.2) is 24.3 Å². The number of carbonyl (C=O) groups excluding carboxylic acids is 1. The highest BCUT2D eigenvalue weighted by Gasteiger charge is 2.39. The predicted molar refractivity (Wildman–Crippen MR) is 105 cm³/mol. The molecular formula is C22H31N3O. The average molecular weight is 354 g/mol. The molecule has 0 N–H and O–H groups in total. The van der Waals surface area contributed by atoms with Gasteiger partial charge in [0.2, 0.25) is 0 Å². The zero-order valence-electron chi connectivity index (χ0n) is 15.8. The fourth-order valence-corrected chi connectivity index (χ4v) is 5.26. The van der Waals surface area contributed by atoms with E-state index in [1.54, 1.807) is 0 Å². The molecule has 0 radical (unpaired) electrons. The molecule has 4 nitrogen and oxygen atoms in total. The number of para-hydroxylation sites is 1. The molecule has 2 atom stereocenters. The minimum Gasteiger partial charge on any atom is -0.371 e. The van der Waals surface area contributed by atoms with Crippen molar-refractivity contribution in [3.63, 3.8) is 0 Å². The molecule has 6 rings (SSSR count). The van der Waals surface area contributed by atoms with Crippen molar-refractivity contribution in [2.45, 2.75) is 44.6 Å². The van der Waals surface area contributed by atoms with Gasteiger partial charge in [-0.3, -0.25) is 9.69 Å². The van der Waals surface area contributed by atoms with Gasteiger partial charge in [-0.2, -0.15) is 0 Å². The van der Waals surface area contributed by atoms with Gasteiger partial charge < -0.3 is 9.80 Å². The van der Waals surface area contributed by atoms with E-state index in [1.165, 1.54) is 51.6 Å². The lowest BCUT2D eigenvalue weighted by molar-refractivity contribution is 0.0737. The van der Waals surface area contributed by atoms with Crippen molar-refractivity contribution < 1.29 is 4.79 Å². The Balaban J connectivity index is 1.36. The fourth-order valence-electron chi connectivity index (χ4n) is 5.26. The lowest BCUT2D eigenvalue weighted by Crippen LogP contribution is -2.45. The molecule has 4 saturated heterocycles. The van der Waals surface area contributed by atoms with Crippen LogP contribution in [0, 0.1) is 11.8 Å². The third-order valence-corrected chi connectivity index (χ3v) is 6.89. The zero-order chi connectivity index (χ0) is 17.5. The second-order valence-corrected chi connectivity index (χ2v) is 8.92. The second kappa shape index (κ2) is 6.88. The quantitative estimate of drug-likeness (QED) is 0.831. The maximum Gasteiger partial charge on any atom is 0.256 e. The summed E-state index contributed by atoms with van der Waals surface area (Å²) in [7, 11) is 0. The number of rotatable bonds is 4. The Morgan fingerprint density at radius 1 is 0.962 bits per heavy atom. The van der Waals surface area contributed by atoms with E-state index < -0.39 is 0 Å². The molecule has 1 aliphatic carbocycles. The Morgan fingerprint density at radius 2 is 1.77 bits per heavy atom. The smallest absolute Gasteiger partial charge is 0.256 e. The summed E-state index contributed by atoms with van der Waals surface area (Å²) in [6.07, 6.45) is 7.89. The maximum atomic E-state index is 13.5. The van der Waals surface area contributed by atoms with Crippen LogP contribution in [-0.2, 0) is 0 Å². The average Bonchev–Trinajstić information content (AvgIpc) is 3.40. The zero-order valence-corrected chi connectivity index (χ0v) is 15.8. The molecule has 2 bridgehead atoms. The molecule has 1 aromatic rings. The van der Waals surface area contributed by atoms with Gasteiger partial charge in [0.25, 0.3) is 5.91 Å². The number of nitrogens with zero attached hydrogens (tertiary/aromatic N) is 3. The Labute approximate surface area is 157 Å². The van der Waals surface area contributed by atoms with Gasteiger partial charge in [0.05, 0.1) is 5.56 Å². The number of carbonyl (C=O) groups is 1. The molecule has 0 unspecified atom stereocenters. The Kier molecular flexibility index (Phi) is 4.39. The van der Waals surface area contributed by atoms with Crippen molar-refractivity contribution in [3.8, 4) is 0 Å². The summed E-state index contributed by atoms with van der Waals surface area (Å²) in [5.41, 5.74) is 2.07. The number of anilines is 1. The van der Waals surface area contributed by atoms with Crippen LogP contribution >= 0.6 is 0 Å². The maximum absolute atomic E-state index is 13.5. The van der Waals surface area contributed by atoms with Crippen molar-refractivity contribution in [1.82, 2.24) is 9.80 Å².